The average molecular weight is 467 g/mol. The van der Waals surface area contributed by atoms with E-state index in [9.17, 15) is 4.79 Å². The number of hydrogen-bond acceptors (Lipinski definition) is 7. The zero-order chi connectivity index (χ0) is 21.8. The van der Waals surface area contributed by atoms with E-state index in [-0.39, 0.29) is 10.5 Å². The molecule has 156 valence electrons. The zero-order valence-corrected chi connectivity index (χ0v) is 18.4. The van der Waals surface area contributed by atoms with Crippen LogP contribution in [0.3, 0.4) is 0 Å². The number of carbonyl (C=O) groups excluding carboxylic acids is 1. The summed E-state index contributed by atoms with van der Waals surface area (Å²) in [5, 5.41) is 12.2. The van der Waals surface area contributed by atoms with Crippen LogP contribution in [0, 0.1) is 4.77 Å². The largest absolute Gasteiger partial charge is 0.493 e. The molecule has 2 aromatic carbocycles. The molecule has 0 fully saturated rings. The highest BCUT2D eigenvalue weighted by molar-refractivity contribution is 7.71. The van der Waals surface area contributed by atoms with Crippen molar-refractivity contribution in [1.29, 1.82) is 0 Å². The summed E-state index contributed by atoms with van der Waals surface area (Å²) < 4.78 is 17.5. The molecule has 8 nitrogen and oxygen atoms in total. The number of benzene rings is 2. The van der Waals surface area contributed by atoms with E-state index >= 15 is 0 Å². The molecule has 3 rings (SSSR count). The van der Waals surface area contributed by atoms with Gasteiger partial charge < -0.3 is 14.2 Å². The Labute approximate surface area is 187 Å². The van der Waals surface area contributed by atoms with Crippen LogP contribution in [-0.2, 0) is 4.79 Å². The van der Waals surface area contributed by atoms with Crippen molar-refractivity contribution < 1.29 is 19.0 Å². The van der Waals surface area contributed by atoms with Crippen molar-refractivity contribution in [1.82, 2.24) is 14.9 Å². The van der Waals surface area contributed by atoms with Gasteiger partial charge in [0.25, 0.3) is 0 Å². The van der Waals surface area contributed by atoms with Crippen LogP contribution in [0.2, 0.25) is 10.0 Å². The second-order valence-corrected chi connectivity index (χ2v) is 7.11. The Bertz CT molecular complexity index is 1160. The molecule has 0 saturated carbocycles. The Morgan fingerprint density at radius 2 is 1.87 bits per heavy atom. The van der Waals surface area contributed by atoms with Crippen LogP contribution in [-0.4, -0.2) is 41.3 Å². The number of carbonyl (C=O) groups is 1. The van der Waals surface area contributed by atoms with Crippen molar-refractivity contribution in [3.63, 3.8) is 0 Å². The lowest BCUT2D eigenvalue weighted by Gasteiger charge is -2.13. The first-order valence-corrected chi connectivity index (χ1v) is 9.62. The summed E-state index contributed by atoms with van der Waals surface area (Å²) in [5.74, 6) is 0.708. The molecule has 0 bridgehead atoms. The summed E-state index contributed by atoms with van der Waals surface area (Å²) in [5.41, 5.74) is 1.21. The lowest BCUT2D eigenvalue weighted by Crippen LogP contribution is -2.05. The van der Waals surface area contributed by atoms with Gasteiger partial charge in [-0.15, -0.1) is 0 Å². The molecule has 0 radical (unpaired) electrons. The van der Waals surface area contributed by atoms with Gasteiger partial charge in [-0.3, -0.25) is 4.79 Å². The Morgan fingerprint density at radius 3 is 2.43 bits per heavy atom. The lowest BCUT2D eigenvalue weighted by atomic mass is 10.2. The monoisotopic (exact) mass is 466 g/mol. The molecule has 1 N–H and O–H groups in total. The standard InChI is InChI=1S/C19H16Cl2N4O4S/c1-10(26)29-17-15(27-2)6-11(7-16(17)28-3)9-22-25-18(23-24-19(25)30)13-5-4-12(20)8-14(13)21/h4-9H,1-3H3,(H,24,30). The maximum Gasteiger partial charge on any atom is 0.308 e. The van der Waals surface area contributed by atoms with E-state index in [2.05, 4.69) is 15.3 Å². The number of aromatic amines is 1. The third kappa shape index (κ3) is 4.64. The van der Waals surface area contributed by atoms with E-state index in [1.807, 2.05) is 0 Å². The van der Waals surface area contributed by atoms with Gasteiger partial charge in [-0.05, 0) is 42.5 Å². The Kier molecular flexibility index (Phi) is 6.76. The molecule has 0 unspecified atom stereocenters. The SMILES string of the molecule is COc1cc(C=Nn2c(-c3ccc(Cl)cc3Cl)n[nH]c2=S)cc(OC)c1OC(C)=O. The number of H-pyrrole nitrogens is 1. The van der Waals surface area contributed by atoms with Gasteiger partial charge in [-0.2, -0.15) is 14.9 Å². The zero-order valence-electron chi connectivity index (χ0n) is 16.1. The summed E-state index contributed by atoms with van der Waals surface area (Å²) in [4.78, 5) is 11.4. The average Bonchev–Trinajstić information content (AvgIpc) is 3.06. The van der Waals surface area contributed by atoms with Crippen LogP contribution in [0.15, 0.2) is 35.4 Å². The van der Waals surface area contributed by atoms with Gasteiger partial charge in [0.1, 0.15) is 0 Å². The summed E-state index contributed by atoms with van der Waals surface area (Å²) in [6.45, 7) is 1.29. The normalized spacial score (nSPS) is 11.0. The molecular weight excluding hydrogens is 451 g/mol. The molecule has 0 atom stereocenters. The number of nitrogens with one attached hydrogen (secondary N) is 1. The fourth-order valence-corrected chi connectivity index (χ4v) is 3.26. The van der Waals surface area contributed by atoms with Crippen molar-refractivity contribution >= 4 is 47.6 Å². The highest BCUT2D eigenvalue weighted by atomic mass is 35.5. The molecular formula is C19H16Cl2N4O4S. The number of esters is 1. The van der Waals surface area contributed by atoms with Crippen molar-refractivity contribution in [2.45, 2.75) is 6.92 Å². The molecule has 0 aliphatic rings. The molecule has 3 aromatic rings. The molecule has 1 aromatic heterocycles. The van der Waals surface area contributed by atoms with E-state index in [4.69, 9.17) is 49.6 Å². The van der Waals surface area contributed by atoms with E-state index in [1.54, 1.807) is 30.3 Å². The van der Waals surface area contributed by atoms with Crippen molar-refractivity contribution in [3.8, 4) is 28.6 Å². The summed E-state index contributed by atoms with van der Waals surface area (Å²) >= 11 is 17.5. The molecule has 11 heteroatoms. The van der Waals surface area contributed by atoms with E-state index in [0.29, 0.717) is 38.5 Å². The highest BCUT2D eigenvalue weighted by Crippen LogP contribution is 2.38. The third-order valence-electron chi connectivity index (χ3n) is 3.87. The van der Waals surface area contributed by atoms with Gasteiger partial charge in [-0.1, -0.05) is 23.2 Å². The lowest BCUT2D eigenvalue weighted by molar-refractivity contribution is -0.132. The smallest absolute Gasteiger partial charge is 0.308 e. The minimum Gasteiger partial charge on any atom is -0.493 e. The predicted octanol–water partition coefficient (Wildman–Crippen LogP) is 4.74. The fraction of sp³-hybridized carbons (Fsp3) is 0.158. The first-order chi connectivity index (χ1) is 14.3. The molecule has 0 saturated heterocycles. The molecule has 0 spiro atoms. The molecule has 1 heterocycles. The number of halogens is 2. The second kappa shape index (κ2) is 9.29. The summed E-state index contributed by atoms with van der Waals surface area (Å²) in [6.07, 6.45) is 1.53. The maximum absolute atomic E-state index is 11.4. The van der Waals surface area contributed by atoms with Gasteiger partial charge >= 0.3 is 5.97 Å². The van der Waals surface area contributed by atoms with Crippen molar-refractivity contribution in [2.75, 3.05) is 14.2 Å². The van der Waals surface area contributed by atoms with E-state index in [0.717, 1.165) is 0 Å². The first kappa shape index (κ1) is 21.8. The number of rotatable bonds is 6. The van der Waals surface area contributed by atoms with Gasteiger partial charge in [0.15, 0.2) is 17.3 Å². The number of ether oxygens (including phenoxy) is 3. The molecule has 30 heavy (non-hydrogen) atoms. The quantitative estimate of drug-likeness (QED) is 0.244. The number of methoxy groups -OCH3 is 2. The van der Waals surface area contributed by atoms with E-state index in [1.165, 1.54) is 32.0 Å². The van der Waals surface area contributed by atoms with Crippen LogP contribution >= 0.6 is 35.4 Å². The van der Waals surface area contributed by atoms with Crippen LogP contribution in [0.4, 0.5) is 0 Å². The number of aromatic nitrogens is 3. The topological polar surface area (TPSA) is 90.7 Å². The van der Waals surface area contributed by atoms with Gasteiger partial charge in [-0.25, -0.2) is 5.10 Å². The second-order valence-electron chi connectivity index (χ2n) is 5.88. The maximum atomic E-state index is 11.4. The first-order valence-electron chi connectivity index (χ1n) is 8.45. The molecule has 0 aliphatic carbocycles. The highest BCUT2D eigenvalue weighted by Gasteiger charge is 2.16. The Balaban J connectivity index is 2.04. The van der Waals surface area contributed by atoms with E-state index < -0.39 is 5.97 Å². The Morgan fingerprint density at radius 1 is 1.20 bits per heavy atom. The Hall–Kier alpha value is -2.88. The minimum absolute atomic E-state index is 0.179. The van der Waals surface area contributed by atoms with Crippen LogP contribution in [0.5, 0.6) is 17.2 Å². The summed E-state index contributed by atoms with van der Waals surface area (Å²) in [6, 6.07) is 8.30. The molecule has 0 aliphatic heterocycles. The number of nitrogens with zero attached hydrogens (tertiary/aromatic N) is 3. The van der Waals surface area contributed by atoms with Crippen molar-refractivity contribution in [3.05, 3.63) is 50.7 Å². The minimum atomic E-state index is -0.498. The third-order valence-corrected chi connectivity index (χ3v) is 4.69. The number of hydrogen-bond donors (Lipinski definition) is 1. The van der Waals surface area contributed by atoms with Crippen LogP contribution in [0.25, 0.3) is 11.4 Å². The van der Waals surface area contributed by atoms with Crippen LogP contribution in [0.1, 0.15) is 12.5 Å². The van der Waals surface area contributed by atoms with Crippen molar-refractivity contribution in [2.24, 2.45) is 5.10 Å². The van der Waals surface area contributed by atoms with Gasteiger partial charge in [0.2, 0.25) is 10.5 Å². The van der Waals surface area contributed by atoms with Gasteiger partial charge in [0, 0.05) is 23.1 Å². The predicted molar refractivity (Wildman–Crippen MR) is 117 cm³/mol. The summed E-state index contributed by atoms with van der Waals surface area (Å²) in [7, 11) is 2.91. The fourth-order valence-electron chi connectivity index (χ4n) is 2.59. The molecule has 0 amide bonds. The van der Waals surface area contributed by atoms with Gasteiger partial charge in [0.05, 0.1) is 25.5 Å². The van der Waals surface area contributed by atoms with Crippen LogP contribution < -0.4 is 14.2 Å².